The van der Waals surface area contributed by atoms with Crippen molar-refractivity contribution in [2.45, 2.75) is 31.4 Å². The molecule has 5 nitrogen and oxygen atoms in total. The van der Waals surface area contributed by atoms with Crippen LogP contribution in [0.15, 0.2) is 40.0 Å². The molecule has 2 aromatic rings. The molecule has 1 aliphatic rings. The molecule has 2 heterocycles. The van der Waals surface area contributed by atoms with Crippen molar-refractivity contribution >= 4 is 17.7 Å². The summed E-state index contributed by atoms with van der Waals surface area (Å²) >= 11 is 1.32. The minimum absolute atomic E-state index is 0.157. The Morgan fingerprint density at radius 2 is 2.17 bits per heavy atom. The van der Waals surface area contributed by atoms with E-state index >= 15 is 0 Å². The highest BCUT2D eigenvalue weighted by atomic mass is 32.2. The van der Waals surface area contributed by atoms with Gasteiger partial charge in [-0.3, -0.25) is 4.79 Å². The molecule has 1 saturated heterocycles. The van der Waals surface area contributed by atoms with Crippen molar-refractivity contribution in [3.63, 3.8) is 0 Å². The van der Waals surface area contributed by atoms with E-state index in [4.69, 9.17) is 4.42 Å². The number of aromatic nitrogens is 2. The molecule has 1 aromatic carbocycles. The minimum atomic E-state index is 0.157. The number of piperidine rings is 1. The number of carbonyl (C=O) groups is 1. The first-order valence-corrected chi connectivity index (χ1v) is 8.96. The number of nitrogens with zero attached hydrogens (tertiary/aromatic N) is 3. The number of likely N-dealkylation sites (tertiary alicyclic amines) is 1. The molecule has 1 atom stereocenters. The zero-order valence-corrected chi connectivity index (χ0v) is 14.1. The predicted molar refractivity (Wildman–Crippen MR) is 89.2 cm³/mol. The van der Waals surface area contributed by atoms with Crippen LogP contribution in [0.2, 0.25) is 0 Å². The van der Waals surface area contributed by atoms with Crippen LogP contribution in [0.3, 0.4) is 0 Å². The second kappa shape index (κ2) is 7.64. The summed E-state index contributed by atoms with van der Waals surface area (Å²) in [4.78, 5) is 14.2. The second-order valence-corrected chi connectivity index (χ2v) is 6.93. The van der Waals surface area contributed by atoms with E-state index in [0.717, 1.165) is 25.1 Å². The van der Waals surface area contributed by atoms with Crippen LogP contribution in [0.25, 0.3) is 0 Å². The van der Waals surface area contributed by atoms with Crippen LogP contribution in [0, 0.1) is 5.92 Å². The second-order valence-electron chi connectivity index (χ2n) is 6.00. The van der Waals surface area contributed by atoms with Gasteiger partial charge >= 0.3 is 0 Å². The molecule has 6 heteroatoms. The van der Waals surface area contributed by atoms with Crippen molar-refractivity contribution in [3.8, 4) is 0 Å². The number of rotatable bonds is 5. The summed E-state index contributed by atoms with van der Waals surface area (Å²) in [5, 5.41) is 8.54. The molecule has 23 heavy (non-hydrogen) atoms. The highest BCUT2D eigenvalue weighted by molar-refractivity contribution is 7.99. The van der Waals surface area contributed by atoms with Gasteiger partial charge in [-0.15, -0.1) is 10.2 Å². The Hall–Kier alpha value is -1.82. The van der Waals surface area contributed by atoms with Crippen LogP contribution >= 0.6 is 11.8 Å². The highest BCUT2D eigenvalue weighted by Gasteiger charge is 2.21. The summed E-state index contributed by atoms with van der Waals surface area (Å²) < 4.78 is 5.62. The Morgan fingerprint density at radius 3 is 2.96 bits per heavy atom. The van der Waals surface area contributed by atoms with Crippen molar-refractivity contribution in [2.24, 2.45) is 5.92 Å². The molecule has 122 valence electrons. The lowest BCUT2D eigenvalue weighted by molar-refractivity contribution is -0.130. The first-order valence-electron chi connectivity index (χ1n) is 7.97. The SMILES string of the molecule is CC1CCCN(C(=O)CSc2nnc(Cc3ccccc3)o2)C1. The molecule has 1 amide bonds. The molecule has 3 rings (SSSR count). The van der Waals surface area contributed by atoms with Gasteiger partial charge in [0.05, 0.1) is 12.2 Å². The van der Waals surface area contributed by atoms with Gasteiger partial charge in [0.25, 0.3) is 5.22 Å². The fraction of sp³-hybridized carbons (Fsp3) is 0.471. The fourth-order valence-electron chi connectivity index (χ4n) is 2.77. The first-order chi connectivity index (χ1) is 11.2. The molecule has 0 saturated carbocycles. The Morgan fingerprint density at radius 1 is 1.35 bits per heavy atom. The number of carbonyl (C=O) groups excluding carboxylic acids is 1. The van der Waals surface area contributed by atoms with Gasteiger partial charge in [0.2, 0.25) is 11.8 Å². The molecule has 1 fully saturated rings. The van der Waals surface area contributed by atoms with Gasteiger partial charge in [-0.05, 0) is 24.3 Å². The van der Waals surface area contributed by atoms with Crippen LogP contribution in [0.5, 0.6) is 0 Å². The van der Waals surface area contributed by atoms with Crippen molar-refractivity contribution < 1.29 is 9.21 Å². The minimum Gasteiger partial charge on any atom is -0.416 e. The first kappa shape index (κ1) is 16.1. The summed E-state index contributed by atoms with van der Waals surface area (Å²) in [6, 6.07) is 10.0. The van der Waals surface area contributed by atoms with Gasteiger partial charge < -0.3 is 9.32 Å². The maximum atomic E-state index is 12.2. The Balaban J connectivity index is 1.50. The van der Waals surface area contributed by atoms with Gasteiger partial charge in [0.1, 0.15) is 0 Å². The average Bonchev–Trinajstić information content (AvgIpc) is 3.01. The number of benzene rings is 1. The standard InChI is InChI=1S/C17H21N3O2S/c1-13-6-5-9-20(11-13)16(21)12-23-17-19-18-15(22-17)10-14-7-3-2-4-8-14/h2-4,7-8,13H,5-6,9-12H2,1H3. The number of thioether (sulfide) groups is 1. The van der Waals surface area contributed by atoms with Crippen LogP contribution < -0.4 is 0 Å². The van der Waals surface area contributed by atoms with E-state index in [1.54, 1.807) is 0 Å². The van der Waals surface area contributed by atoms with Gasteiger partial charge in [0, 0.05) is 13.1 Å². The molecule has 0 bridgehead atoms. The molecule has 0 spiro atoms. The quantitative estimate of drug-likeness (QED) is 0.788. The highest BCUT2D eigenvalue weighted by Crippen LogP contribution is 2.20. The predicted octanol–water partition coefficient (Wildman–Crippen LogP) is 3.01. The summed E-state index contributed by atoms with van der Waals surface area (Å²) in [6.45, 7) is 3.93. The Labute approximate surface area is 140 Å². The van der Waals surface area contributed by atoms with E-state index in [-0.39, 0.29) is 5.91 Å². The third-order valence-electron chi connectivity index (χ3n) is 3.98. The van der Waals surface area contributed by atoms with Crippen LogP contribution in [-0.4, -0.2) is 39.8 Å². The van der Waals surface area contributed by atoms with Crippen LogP contribution in [0.4, 0.5) is 0 Å². The summed E-state index contributed by atoms with van der Waals surface area (Å²) in [7, 11) is 0. The number of amides is 1. The molecular weight excluding hydrogens is 310 g/mol. The third kappa shape index (κ3) is 4.58. The Bertz CT molecular complexity index is 644. The van der Waals surface area contributed by atoms with E-state index < -0.39 is 0 Å². The summed E-state index contributed by atoms with van der Waals surface area (Å²) in [6.07, 6.45) is 2.93. The van der Waals surface area contributed by atoms with E-state index in [1.165, 1.54) is 18.2 Å². The van der Waals surface area contributed by atoms with E-state index in [0.29, 0.717) is 29.2 Å². The van der Waals surface area contributed by atoms with Crippen LogP contribution in [0.1, 0.15) is 31.2 Å². The monoisotopic (exact) mass is 331 g/mol. The lowest BCUT2D eigenvalue weighted by atomic mass is 10.0. The lowest BCUT2D eigenvalue weighted by Crippen LogP contribution is -2.40. The van der Waals surface area contributed by atoms with E-state index in [2.05, 4.69) is 17.1 Å². The molecule has 1 aliphatic heterocycles. The lowest BCUT2D eigenvalue weighted by Gasteiger charge is -2.30. The Kier molecular flexibility index (Phi) is 5.33. The average molecular weight is 331 g/mol. The summed E-state index contributed by atoms with van der Waals surface area (Å²) in [5.41, 5.74) is 1.13. The van der Waals surface area contributed by atoms with Crippen LogP contribution in [-0.2, 0) is 11.2 Å². The normalized spacial score (nSPS) is 18.1. The maximum absolute atomic E-state index is 12.2. The maximum Gasteiger partial charge on any atom is 0.277 e. The smallest absolute Gasteiger partial charge is 0.277 e. The van der Waals surface area contributed by atoms with E-state index in [1.807, 2.05) is 35.2 Å². The largest absolute Gasteiger partial charge is 0.416 e. The van der Waals surface area contributed by atoms with Gasteiger partial charge in [-0.1, -0.05) is 49.0 Å². The van der Waals surface area contributed by atoms with Crippen molar-refractivity contribution in [1.82, 2.24) is 15.1 Å². The number of hydrogen-bond donors (Lipinski definition) is 0. The zero-order valence-electron chi connectivity index (χ0n) is 13.3. The molecule has 0 radical (unpaired) electrons. The molecule has 1 aromatic heterocycles. The van der Waals surface area contributed by atoms with E-state index in [9.17, 15) is 4.79 Å². The molecule has 0 aliphatic carbocycles. The topological polar surface area (TPSA) is 59.2 Å². The molecule has 0 N–H and O–H groups in total. The van der Waals surface area contributed by atoms with Gasteiger partial charge in [-0.25, -0.2) is 0 Å². The zero-order chi connectivity index (χ0) is 16.1. The number of hydrogen-bond acceptors (Lipinski definition) is 5. The summed E-state index contributed by atoms with van der Waals surface area (Å²) in [5.74, 6) is 1.69. The van der Waals surface area contributed by atoms with Gasteiger partial charge in [0.15, 0.2) is 0 Å². The van der Waals surface area contributed by atoms with Crippen molar-refractivity contribution in [2.75, 3.05) is 18.8 Å². The fourth-order valence-corrected chi connectivity index (χ4v) is 3.45. The van der Waals surface area contributed by atoms with Crippen molar-refractivity contribution in [1.29, 1.82) is 0 Å². The molecule has 1 unspecified atom stereocenters. The van der Waals surface area contributed by atoms with Crippen molar-refractivity contribution in [3.05, 3.63) is 41.8 Å². The third-order valence-corrected chi connectivity index (χ3v) is 4.78. The molecular formula is C17H21N3O2S. The van der Waals surface area contributed by atoms with Gasteiger partial charge in [-0.2, -0.15) is 0 Å².